The molecule has 4 heterocycles. The van der Waals surface area contributed by atoms with Crippen molar-refractivity contribution in [3.05, 3.63) is 195 Å². The zero-order valence-corrected chi connectivity index (χ0v) is 50.1. The molecule has 9 aromatic rings. The first-order valence-corrected chi connectivity index (χ1v) is 30.0. The lowest BCUT2D eigenvalue weighted by Crippen LogP contribution is -2.61. The Morgan fingerprint density at radius 1 is 0.463 bits per heavy atom. The van der Waals surface area contributed by atoms with E-state index in [1.54, 1.807) is 0 Å². The van der Waals surface area contributed by atoms with Gasteiger partial charge in [-0.3, -0.25) is 0 Å². The Kier molecular flexibility index (Phi) is 9.96. The lowest BCUT2D eigenvalue weighted by Gasteiger charge is -2.51. The first-order chi connectivity index (χ1) is 37.8. The summed E-state index contributed by atoms with van der Waals surface area (Å²) in [5.74, 6) is 0. The molecule has 15 rings (SSSR count). The minimum Gasteiger partial charge on any atom is -0.456 e. The second-order valence-electron chi connectivity index (χ2n) is 29.4. The van der Waals surface area contributed by atoms with Crippen LogP contribution in [-0.2, 0) is 32.5 Å². The number of anilines is 8. The molecule has 0 spiro atoms. The maximum Gasteiger partial charge on any atom is 0.252 e. The molecule has 6 aliphatic rings. The van der Waals surface area contributed by atoms with Crippen LogP contribution in [0.15, 0.2) is 144 Å². The van der Waals surface area contributed by atoms with E-state index in [1.807, 2.05) is 0 Å². The molecule has 4 nitrogen and oxygen atoms in total. The lowest BCUT2D eigenvalue weighted by molar-refractivity contribution is 0.195. The highest BCUT2D eigenvalue weighted by molar-refractivity contribution is 7.00. The van der Waals surface area contributed by atoms with Crippen molar-refractivity contribution >= 4 is 90.5 Å². The fourth-order valence-corrected chi connectivity index (χ4v) is 17.5. The normalized spacial score (nSPS) is 22.1. The number of fused-ring (bicyclic) bond motifs is 13. The fourth-order valence-electron chi connectivity index (χ4n) is 17.5. The summed E-state index contributed by atoms with van der Waals surface area (Å²) in [5.41, 5.74) is 29.7. The van der Waals surface area contributed by atoms with Crippen LogP contribution in [0.25, 0.3) is 21.9 Å². The van der Waals surface area contributed by atoms with Gasteiger partial charge < -0.3 is 19.1 Å². The van der Waals surface area contributed by atoms with Gasteiger partial charge in [-0.1, -0.05) is 169 Å². The van der Waals surface area contributed by atoms with Gasteiger partial charge in [-0.05, 0) is 195 Å². The topological polar surface area (TPSA) is 22.9 Å². The summed E-state index contributed by atoms with van der Waals surface area (Å²) < 4.78 is 6.52. The molecule has 8 aromatic carbocycles. The van der Waals surface area contributed by atoms with E-state index in [0.717, 1.165) is 40.5 Å². The first kappa shape index (κ1) is 50.0. The highest BCUT2D eigenvalue weighted by atomic mass is 16.3. The predicted octanol–water partition coefficient (Wildman–Crippen LogP) is 18.2. The Hall–Kier alpha value is -6.98. The van der Waals surface area contributed by atoms with Crippen LogP contribution in [0.4, 0.5) is 45.5 Å². The van der Waals surface area contributed by atoms with Crippen molar-refractivity contribution in [1.82, 2.24) is 0 Å². The molecular weight excluding hydrogens is 970 g/mol. The molecule has 3 aliphatic carbocycles. The van der Waals surface area contributed by atoms with Crippen LogP contribution in [0, 0.1) is 13.8 Å². The molecule has 0 amide bonds. The average Bonchev–Trinajstić information content (AvgIpc) is 3.44. The third kappa shape index (κ3) is 6.47. The van der Waals surface area contributed by atoms with Gasteiger partial charge in [0.2, 0.25) is 0 Å². The van der Waals surface area contributed by atoms with Gasteiger partial charge in [0, 0.05) is 72.5 Å². The number of hydrogen-bond donors (Lipinski definition) is 0. The molecule has 1 fully saturated rings. The largest absolute Gasteiger partial charge is 0.456 e. The summed E-state index contributed by atoms with van der Waals surface area (Å²) in [5, 5.41) is 2.29. The van der Waals surface area contributed by atoms with Crippen LogP contribution in [-0.4, -0.2) is 12.3 Å². The van der Waals surface area contributed by atoms with Crippen molar-refractivity contribution in [2.75, 3.05) is 14.7 Å². The van der Waals surface area contributed by atoms with Gasteiger partial charge in [0.15, 0.2) is 0 Å². The van der Waals surface area contributed by atoms with Gasteiger partial charge in [-0.2, -0.15) is 0 Å². The van der Waals surface area contributed by atoms with Gasteiger partial charge in [-0.25, -0.2) is 0 Å². The van der Waals surface area contributed by atoms with Crippen molar-refractivity contribution in [2.45, 2.75) is 174 Å². The van der Waals surface area contributed by atoms with Crippen molar-refractivity contribution in [2.24, 2.45) is 0 Å². The maximum absolute atomic E-state index is 6.52. The van der Waals surface area contributed by atoms with E-state index in [-0.39, 0.29) is 44.7 Å². The van der Waals surface area contributed by atoms with Gasteiger partial charge in [-0.15, -0.1) is 0 Å². The molecular formula is C75H78BN3O. The van der Waals surface area contributed by atoms with Gasteiger partial charge in [0.1, 0.15) is 11.2 Å². The molecule has 0 N–H and O–H groups in total. The van der Waals surface area contributed by atoms with Crippen molar-refractivity contribution in [3.8, 4) is 0 Å². The molecule has 0 bridgehead atoms. The number of furan rings is 1. The van der Waals surface area contributed by atoms with Crippen molar-refractivity contribution in [3.63, 3.8) is 0 Å². The minimum absolute atomic E-state index is 0.00169. The van der Waals surface area contributed by atoms with E-state index in [1.165, 1.54) is 131 Å². The zero-order chi connectivity index (χ0) is 55.7. The number of aryl methyl sites for hydroxylation is 2. The summed E-state index contributed by atoms with van der Waals surface area (Å²) in [6.45, 7) is 36.7. The molecule has 1 saturated carbocycles. The molecule has 1 aromatic heterocycles. The molecule has 402 valence electrons. The minimum atomic E-state index is -0.225. The van der Waals surface area contributed by atoms with E-state index in [9.17, 15) is 0 Å². The fraction of sp³-hybridized carbons (Fsp3) is 0.360. The van der Waals surface area contributed by atoms with E-state index in [4.69, 9.17) is 4.42 Å². The third-order valence-electron chi connectivity index (χ3n) is 21.7. The zero-order valence-electron chi connectivity index (χ0n) is 50.1. The molecule has 3 aliphatic heterocycles. The van der Waals surface area contributed by atoms with E-state index in [2.05, 4.69) is 258 Å². The van der Waals surface area contributed by atoms with E-state index in [0.29, 0.717) is 0 Å². The Bertz CT molecular complexity index is 4200. The van der Waals surface area contributed by atoms with Crippen molar-refractivity contribution in [1.29, 1.82) is 0 Å². The number of para-hydroxylation sites is 1. The SMILES string of the molecule is Cc1cc2c3c(c1)N(c1cc4c(cc1C)C(C)(C)c1ccccc1C4(C)C)c1cc(N4c5ccc(C(C)(C)C)cc5C5(C)CCCCC45C)ccc1B3c1cc3c(cc1N2c1ccc2oc4ccccc4c2c1)C(C)(C)CC3(C)C. The Morgan fingerprint density at radius 3 is 1.80 bits per heavy atom. The number of benzene rings is 8. The highest BCUT2D eigenvalue weighted by Crippen LogP contribution is 2.62. The summed E-state index contributed by atoms with van der Waals surface area (Å²) in [7, 11) is 0. The average molecular weight is 1050 g/mol. The number of rotatable bonds is 3. The molecule has 2 unspecified atom stereocenters. The van der Waals surface area contributed by atoms with E-state index >= 15 is 0 Å². The van der Waals surface area contributed by atoms with Crippen LogP contribution >= 0.6 is 0 Å². The summed E-state index contributed by atoms with van der Waals surface area (Å²) in [4.78, 5) is 8.19. The van der Waals surface area contributed by atoms with Crippen LogP contribution < -0.4 is 31.1 Å². The second-order valence-corrected chi connectivity index (χ2v) is 29.4. The second kappa shape index (κ2) is 15.9. The highest BCUT2D eigenvalue weighted by Gasteiger charge is 2.58. The third-order valence-corrected chi connectivity index (χ3v) is 21.7. The first-order valence-electron chi connectivity index (χ1n) is 30.0. The summed E-state index contributed by atoms with van der Waals surface area (Å²) >= 11 is 0. The summed E-state index contributed by atoms with van der Waals surface area (Å²) in [6.07, 6.45) is 5.92. The number of hydrogen-bond acceptors (Lipinski definition) is 4. The maximum atomic E-state index is 6.52. The smallest absolute Gasteiger partial charge is 0.252 e. The molecule has 0 saturated heterocycles. The Morgan fingerprint density at radius 2 is 1.07 bits per heavy atom. The quantitative estimate of drug-likeness (QED) is 0.165. The van der Waals surface area contributed by atoms with Crippen LogP contribution in [0.5, 0.6) is 0 Å². The lowest BCUT2D eigenvalue weighted by atomic mass is 9.33. The van der Waals surface area contributed by atoms with Gasteiger partial charge in [0.25, 0.3) is 6.71 Å². The van der Waals surface area contributed by atoms with Crippen LogP contribution in [0.3, 0.4) is 0 Å². The molecule has 0 radical (unpaired) electrons. The monoisotopic (exact) mass is 1050 g/mol. The van der Waals surface area contributed by atoms with Gasteiger partial charge >= 0.3 is 0 Å². The number of nitrogens with zero attached hydrogens (tertiary/aromatic N) is 3. The van der Waals surface area contributed by atoms with Gasteiger partial charge in [0.05, 0.1) is 5.54 Å². The Labute approximate surface area is 476 Å². The molecule has 5 heteroatoms. The van der Waals surface area contributed by atoms with Crippen LogP contribution in [0.2, 0.25) is 0 Å². The molecule has 80 heavy (non-hydrogen) atoms. The molecule has 2 atom stereocenters. The Balaban J connectivity index is 1.04. The van der Waals surface area contributed by atoms with Crippen LogP contribution in [0.1, 0.15) is 178 Å². The van der Waals surface area contributed by atoms with Crippen molar-refractivity contribution < 1.29 is 4.42 Å². The standard InChI is InChI=1S/C75H78BN3O/c1-44-34-64-68-65(35-44)78(61-42-56-55(36-45(61)2)72(10,11)51-23-17-18-24-52(51)73(56,12)13)62-39-48(79-60-30-26-46(69(3,4)5)37-57(60)74(14)32-20-21-33-75(74,79)15)27-29-58(62)76(68)59-40-53-54(71(8,9)43-70(53,6)7)41-63(59)77(64)47-28-31-67-50(38-47)49-22-16-19-25-66(49)80-67/h16-19,22-31,34-42H,20-21,32-33,43H2,1-15H3. The predicted molar refractivity (Wildman–Crippen MR) is 340 cm³/mol. The van der Waals surface area contributed by atoms with E-state index < -0.39 is 0 Å². The summed E-state index contributed by atoms with van der Waals surface area (Å²) in [6, 6.07) is 55.4.